The first kappa shape index (κ1) is 20.9. The molecule has 5 atom stereocenters. The molecule has 2 aliphatic heterocycles. The van der Waals surface area contributed by atoms with Crippen LogP contribution < -0.4 is 9.47 Å². The van der Waals surface area contributed by atoms with Crippen LogP contribution in [0.4, 0.5) is 0 Å². The maximum Gasteiger partial charge on any atom is 0.398 e. The highest BCUT2D eigenvalue weighted by Crippen LogP contribution is 2.62. The van der Waals surface area contributed by atoms with E-state index in [-0.39, 0.29) is 12.0 Å². The van der Waals surface area contributed by atoms with Crippen molar-refractivity contribution in [2.45, 2.75) is 36.5 Å². The first-order valence-corrected chi connectivity index (χ1v) is 12.3. The second kappa shape index (κ2) is 7.14. The molecule has 1 spiro atoms. The Balaban J connectivity index is 1.47. The Kier molecular flexibility index (Phi) is 4.51. The lowest BCUT2D eigenvalue weighted by molar-refractivity contribution is -0.0389. The van der Waals surface area contributed by atoms with Crippen molar-refractivity contribution in [1.29, 1.82) is 0 Å². The van der Waals surface area contributed by atoms with Crippen LogP contribution in [0.2, 0.25) is 0 Å². The Morgan fingerprint density at radius 2 is 1.97 bits per heavy atom. The lowest BCUT2D eigenvalue weighted by atomic mass is 9.53. The Hall–Kier alpha value is -2.72. The number of benzene rings is 2. The van der Waals surface area contributed by atoms with Crippen LogP contribution in [0.1, 0.15) is 27.9 Å². The van der Waals surface area contributed by atoms with Crippen molar-refractivity contribution in [3.8, 4) is 11.5 Å². The van der Waals surface area contributed by atoms with Gasteiger partial charge in [-0.1, -0.05) is 36.4 Å². The number of likely N-dealkylation sites (N-methyl/N-ethyl adjacent to an activating group) is 1. The molecule has 33 heavy (non-hydrogen) atoms. The van der Waals surface area contributed by atoms with Gasteiger partial charge in [0.2, 0.25) is 0 Å². The van der Waals surface area contributed by atoms with Crippen LogP contribution in [0.3, 0.4) is 0 Å². The number of ether oxygens (including phenoxy) is 2. The highest BCUT2D eigenvalue weighted by molar-refractivity contribution is 7.80. The van der Waals surface area contributed by atoms with Crippen LogP contribution in [-0.2, 0) is 26.4 Å². The molecule has 172 valence electrons. The SMILES string of the molecule is CN1CC[C@]23c4c5ccc(OC(=O)c6ccccc6)c4OC2C(OS(=O)(=O)O)C=C[C@H]3[C@H]1C5. The molecule has 4 aliphatic rings. The Bertz CT molecular complexity index is 1280. The van der Waals surface area contributed by atoms with Gasteiger partial charge in [-0.25, -0.2) is 8.98 Å². The van der Waals surface area contributed by atoms with Gasteiger partial charge in [-0.05, 0) is 50.2 Å². The monoisotopic (exact) mass is 469 g/mol. The van der Waals surface area contributed by atoms with E-state index in [1.165, 1.54) is 0 Å². The molecular formula is C24H23NO7S. The molecule has 2 bridgehead atoms. The molecule has 1 N–H and O–H groups in total. The molecule has 1 fully saturated rings. The van der Waals surface area contributed by atoms with Crippen LogP contribution in [0, 0.1) is 5.92 Å². The van der Waals surface area contributed by atoms with Crippen molar-refractivity contribution >= 4 is 16.4 Å². The van der Waals surface area contributed by atoms with Crippen LogP contribution in [0.5, 0.6) is 11.5 Å². The third-order valence-electron chi connectivity index (χ3n) is 7.56. The van der Waals surface area contributed by atoms with Crippen LogP contribution in [0.25, 0.3) is 0 Å². The molecule has 2 aromatic carbocycles. The van der Waals surface area contributed by atoms with Crippen molar-refractivity contribution in [2.24, 2.45) is 5.92 Å². The molecule has 0 amide bonds. The maximum absolute atomic E-state index is 12.8. The van der Waals surface area contributed by atoms with E-state index in [9.17, 15) is 17.8 Å². The van der Waals surface area contributed by atoms with Gasteiger partial charge in [-0.15, -0.1) is 0 Å². The first-order valence-electron chi connectivity index (χ1n) is 10.9. The number of likely N-dealkylation sites (tertiary alicyclic amines) is 1. The normalized spacial score (nSPS) is 31.6. The summed E-state index contributed by atoms with van der Waals surface area (Å²) in [6.07, 6.45) is 3.54. The lowest BCUT2D eigenvalue weighted by Gasteiger charge is -2.56. The summed E-state index contributed by atoms with van der Waals surface area (Å²) in [4.78, 5) is 15.1. The van der Waals surface area contributed by atoms with Gasteiger partial charge in [-0.2, -0.15) is 8.42 Å². The van der Waals surface area contributed by atoms with Crippen molar-refractivity contribution in [3.63, 3.8) is 0 Å². The van der Waals surface area contributed by atoms with Crippen molar-refractivity contribution < 1.29 is 31.4 Å². The minimum absolute atomic E-state index is 0.0799. The number of piperidine rings is 1. The summed E-state index contributed by atoms with van der Waals surface area (Å²) in [6.45, 7) is 0.806. The summed E-state index contributed by atoms with van der Waals surface area (Å²) in [7, 11) is -2.60. The van der Waals surface area contributed by atoms with E-state index in [1.54, 1.807) is 36.4 Å². The van der Waals surface area contributed by atoms with E-state index in [4.69, 9.17) is 13.7 Å². The largest absolute Gasteiger partial charge is 0.482 e. The molecule has 6 rings (SSSR count). The quantitative estimate of drug-likeness (QED) is 0.316. The number of carbonyl (C=O) groups is 1. The van der Waals surface area contributed by atoms with Crippen LogP contribution in [-0.4, -0.2) is 55.7 Å². The number of hydrogen-bond acceptors (Lipinski definition) is 7. The number of hydrogen-bond donors (Lipinski definition) is 1. The highest BCUT2D eigenvalue weighted by Gasteiger charge is 2.65. The zero-order valence-electron chi connectivity index (χ0n) is 17.9. The van der Waals surface area contributed by atoms with Crippen LogP contribution in [0.15, 0.2) is 54.6 Å². The molecule has 2 aromatic rings. The maximum atomic E-state index is 12.8. The second-order valence-corrected chi connectivity index (χ2v) is 10.2. The predicted octanol–water partition coefficient (Wildman–Crippen LogP) is 2.54. The van der Waals surface area contributed by atoms with Crippen molar-refractivity contribution in [3.05, 3.63) is 71.3 Å². The summed E-state index contributed by atoms with van der Waals surface area (Å²) < 4.78 is 49.7. The van der Waals surface area contributed by atoms with E-state index in [0.717, 1.165) is 30.5 Å². The Morgan fingerprint density at radius 3 is 2.73 bits per heavy atom. The molecule has 8 nitrogen and oxygen atoms in total. The van der Waals surface area contributed by atoms with Gasteiger partial charge in [0.05, 0.1) is 5.56 Å². The number of esters is 1. The average molecular weight is 470 g/mol. The molecule has 9 heteroatoms. The number of nitrogens with zero attached hydrogens (tertiary/aromatic N) is 1. The number of carbonyl (C=O) groups excluding carboxylic acids is 1. The van der Waals surface area contributed by atoms with Crippen LogP contribution >= 0.6 is 0 Å². The standard InChI is InChI=1S/C24H23NO7S/c1-25-12-11-24-16-8-10-19(32-33(27,28)29)22(24)31-21-18(9-7-15(20(21)24)13-17(16)25)30-23(26)14-5-3-2-4-6-14/h2-10,16-17,19,22H,11-13H2,1H3,(H,27,28,29)/t16-,17+,19?,22?,24-/m0/s1. The van der Waals surface area contributed by atoms with E-state index < -0.39 is 34.0 Å². The number of rotatable bonds is 4. The summed E-state index contributed by atoms with van der Waals surface area (Å²) >= 11 is 0. The van der Waals surface area contributed by atoms with E-state index >= 15 is 0 Å². The molecule has 0 radical (unpaired) electrons. The lowest BCUT2D eigenvalue weighted by Crippen LogP contribution is -2.65. The molecular weight excluding hydrogens is 446 g/mol. The minimum atomic E-state index is -4.69. The van der Waals surface area contributed by atoms with Crippen molar-refractivity contribution in [2.75, 3.05) is 13.6 Å². The molecule has 1 saturated heterocycles. The fourth-order valence-electron chi connectivity index (χ4n) is 6.25. The van der Waals surface area contributed by atoms with Gasteiger partial charge in [0, 0.05) is 22.9 Å². The highest BCUT2D eigenvalue weighted by atomic mass is 32.3. The third kappa shape index (κ3) is 3.07. The second-order valence-electron chi connectivity index (χ2n) is 9.16. The summed E-state index contributed by atoms with van der Waals surface area (Å²) in [5.41, 5.74) is 1.95. The third-order valence-corrected chi connectivity index (χ3v) is 8.03. The minimum Gasteiger partial charge on any atom is -0.482 e. The van der Waals surface area contributed by atoms with E-state index in [2.05, 4.69) is 11.9 Å². The van der Waals surface area contributed by atoms with Gasteiger partial charge in [0.15, 0.2) is 11.5 Å². The molecule has 0 saturated carbocycles. The first-order chi connectivity index (χ1) is 15.8. The molecule has 2 heterocycles. The average Bonchev–Trinajstić information content (AvgIpc) is 3.13. The molecule has 0 aromatic heterocycles. The van der Waals surface area contributed by atoms with E-state index in [1.807, 2.05) is 18.2 Å². The van der Waals surface area contributed by atoms with Gasteiger partial charge < -0.3 is 14.4 Å². The Labute approximate surface area is 191 Å². The van der Waals surface area contributed by atoms with E-state index in [0.29, 0.717) is 17.1 Å². The van der Waals surface area contributed by atoms with Gasteiger partial charge >= 0.3 is 16.4 Å². The summed E-state index contributed by atoms with van der Waals surface area (Å²) in [5.74, 6) is 0.340. The zero-order chi connectivity index (χ0) is 23.0. The van der Waals surface area contributed by atoms with Crippen molar-refractivity contribution in [1.82, 2.24) is 4.90 Å². The topological polar surface area (TPSA) is 102 Å². The fraction of sp³-hybridized carbons (Fsp3) is 0.375. The van der Waals surface area contributed by atoms with Gasteiger partial charge in [0.25, 0.3) is 0 Å². The van der Waals surface area contributed by atoms with Gasteiger partial charge in [0.1, 0.15) is 12.2 Å². The smallest absolute Gasteiger partial charge is 0.398 e. The van der Waals surface area contributed by atoms with Gasteiger partial charge in [-0.3, -0.25) is 4.55 Å². The summed E-state index contributed by atoms with van der Waals surface area (Å²) in [6, 6.07) is 12.6. The Morgan fingerprint density at radius 1 is 1.18 bits per heavy atom. The zero-order valence-corrected chi connectivity index (χ0v) is 18.7. The molecule has 2 aliphatic carbocycles. The fourth-order valence-corrected chi connectivity index (χ4v) is 6.69. The molecule has 2 unspecified atom stereocenters. The predicted molar refractivity (Wildman–Crippen MR) is 118 cm³/mol. The summed E-state index contributed by atoms with van der Waals surface area (Å²) in [5, 5.41) is 0.